The summed E-state index contributed by atoms with van der Waals surface area (Å²) in [4.78, 5) is 32.7. The fourth-order valence-corrected chi connectivity index (χ4v) is 6.53. The largest absolute Gasteiger partial charge is 0.388 e. The molecule has 0 spiro atoms. The van der Waals surface area contributed by atoms with E-state index in [1.165, 1.54) is 15.8 Å². The Bertz CT molecular complexity index is 1680. The number of fused-ring (bicyclic) bond motifs is 2. The molecule has 0 aliphatic carbocycles. The third kappa shape index (κ3) is 5.36. The van der Waals surface area contributed by atoms with E-state index in [4.69, 9.17) is 11.6 Å². The zero-order valence-electron chi connectivity index (χ0n) is 21.6. The van der Waals surface area contributed by atoms with Crippen LogP contribution in [0.2, 0.25) is 5.02 Å². The molecule has 1 saturated heterocycles. The summed E-state index contributed by atoms with van der Waals surface area (Å²) < 4.78 is 46.8. The van der Waals surface area contributed by atoms with E-state index < -0.39 is 41.9 Å². The number of carbonyl (C=O) groups excluding carboxylic acids is 1. The van der Waals surface area contributed by atoms with Crippen molar-refractivity contribution in [2.75, 3.05) is 13.1 Å². The predicted octanol–water partition coefficient (Wildman–Crippen LogP) is 3.36. The van der Waals surface area contributed by atoms with Crippen molar-refractivity contribution in [3.8, 4) is 10.4 Å². The van der Waals surface area contributed by atoms with Crippen LogP contribution in [0.4, 0.5) is 13.2 Å². The molecule has 1 fully saturated rings. The highest BCUT2D eigenvalue weighted by Crippen LogP contribution is 2.36. The molecule has 0 saturated carbocycles. The fraction of sp³-hybridized carbons (Fsp3) is 0.423. The summed E-state index contributed by atoms with van der Waals surface area (Å²) in [7, 11) is 0. The average Bonchev–Trinajstić information content (AvgIpc) is 3.69. The number of halogens is 4. The van der Waals surface area contributed by atoms with Gasteiger partial charge in [0, 0.05) is 43.5 Å². The molecule has 5 heterocycles. The number of nitrogens with one attached hydrogen (secondary N) is 1. The van der Waals surface area contributed by atoms with Gasteiger partial charge in [0.05, 0.1) is 29.8 Å². The van der Waals surface area contributed by atoms with Gasteiger partial charge in [0.15, 0.2) is 5.52 Å². The van der Waals surface area contributed by atoms with Crippen molar-refractivity contribution < 1.29 is 23.1 Å². The Kier molecular flexibility index (Phi) is 7.34. The summed E-state index contributed by atoms with van der Waals surface area (Å²) in [6.45, 7) is 1.57. The molecule has 2 aliphatic heterocycles. The molecule has 1 unspecified atom stereocenters. The first-order valence-corrected chi connectivity index (χ1v) is 14.1. The van der Waals surface area contributed by atoms with Gasteiger partial charge in [-0.3, -0.25) is 18.8 Å². The normalized spacial score (nSPS) is 17.4. The molecule has 6 rings (SSSR count). The van der Waals surface area contributed by atoms with Crippen LogP contribution in [0.1, 0.15) is 36.4 Å². The maximum absolute atomic E-state index is 13.6. The van der Waals surface area contributed by atoms with Crippen LogP contribution in [0.5, 0.6) is 0 Å². The van der Waals surface area contributed by atoms with E-state index in [0.717, 1.165) is 50.0 Å². The van der Waals surface area contributed by atoms with Crippen LogP contribution in [0.3, 0.4) is 0 Å². The Morgan fingerprint density at radius 2 is 2.00 bits per heavy atom. The summed E-state index contributed by atoms with van der Waals surface area (Å²) in [5, 5.41) is 18.5. The zero-order valence-corrected chi connectivity index (χ0v) is 23.1. The third-order valence-electron chi connectivity index (χ3n) is 7.73. The number of hydrogen-bond acceptors (Lipinski definition) is 8. The summed E-state index contributed by atoms with van der Waals surface area (Å²) in [6, 6.07) is 3.22. The number of aliphatic hydroxyl groups is 1. The van der Waals surface area contributed by atoms with E-state index in [2.05, 4.69) is 19.8 Å². The van der Waals surface area contributed by atoms with Crippen molar-refractivity contribution >= 4 is 40.1 Å². The predicted molar refractivity (Wildman–Crippen MR) is 145 cm³/mol. The number of benzene rings is 1. The van der Waals surface area contributed by atoms with Crippen LogP contribution in [0, 0.1) is 5.95 Å². The lowest BCUT2D eigenvalue weighted by atomic mass is 9.91. The summed E-state index contributed by atoms with van der Waals surface area (Å²) in [5.74, 6) is -1.46. The van der Waals surface area contributed by atoms with Crippen LogP contribution in [0.15, 0.2) is 35.5 Å². The highest BCUT2D eigenvalue weighted by molar-refractivity contribution is 7.11. The maximum atomic E-state index is 13.6. The SMILES string of the molecule is O=C(CC(C(F)F)n1ccc(F)n1)N1CCC(O)(Cn2cnc3c(-c4cc(Cl)c5c(c4)CNC5)snc3c2=O)CC1. The van der Waals surface area contributed by atoms with Crippen LogP contribution in [0.25, 0.3) is 21.5 Å². The number of hydrogen-bond donors (Lipinski definition) is 2. The number of carbonyl (C=O) groups is 1. The molecule has 1 aromatic carbocycles. The molecule has 3 aromatic heterocycles. The highest BCUT2D eigenvalue weighted by Gasteiger charge is 2.36. The van der Waals surface area contributed by atoms with Gasteiger partial charge >= 0.3 is 0 Å². The quantitative estimate of drug-likeness (QED) is 0.331. The molecule has 0 bridgehead atoms. The number of piperidine rings is 1. The first-order valence-electron chi connectivity index (χ1n) is 13.0. The molecule has 2 N–H and O–H groups in total. The lowest BCUT2D eigenvalue weighted by molar-refractivity contribution is -0.138. The first kappa shape index (κ1) is 27.8. The summed E-state index contributed by atoms with van der Waals surface area (Å²) in [5.41, 5.74) is 1.91. The Labute approximate surface area is 240 Å². The Hall–Kier alpha value is -3.33. The minimum absolute atomic E-state index is 0.0633. The first-order chi connectivity index (χ1) is 19.6. The van der Waals surface area contributed by atoms with Crippen LogP contribution in [-0.4, -0.2) is 64.7 Å². The Morgan fingerprint density at radius 3 is 2.71 bits per heavy atom. The molecule has 0 radical (unpaired) electrons. The molecule has 41 heavy (non-hydrogen) atoms. The average molecular weight is 608 g/mol. The lowest BCUT2D eigenvalue weighted by Crippen LogP contribution is -2.50. The minimum Gasteiger partial charge on any atom is -0.388 e. The fourth-order valence-electron chi connectivity index (χ4n) is 5.42. The summed E-state index contributed by atoms with van der Waals surface area (Å²) >= 11 is 7.63. The van der Waals surface area contributed by atoms with Gasteiger partial charge in [0.1, 0.15) is 11.6 Å². The second-order valence-corrected chi connectivity index (χ2v) is 11.6. The van der Waals surface area contributed by atoms with Crippen molar-refractivity contribution in [1.82, 2.24) is 33.9 Å². The van der Waals surface area contributed by atoms with Gasteiger partial charge in [0.2, 0.25) is 11.9 Å². The molecule has 1 atom stereocenters. The molecule has 4 aromatic rings. The van der Waals surface area contributed by atoms with Gasteiger partial charge in [-0.05, 0) is 53.2 Å². The monoisotopic (exact) mass is 607 g/mol. The van der Waals surface area contributed by atoms with Gasteiger partial charge in [-0.15, -0.1) is 5.10 Å². The van der Waals surface area contributed by atoms with Crippen LogP contribution in [-0.2, 0) is 24.4 Å². The molecule has 1 amide bonds. The topological polar surface area (TPSA) is 118 Å². The molecular formula is C26H25ClF3N7O3S. The third-order valence-corrected chi connectivity index (χ3v) is 8.95. The molecule has 216 valence electrons. The molecule has 10 nitrogen and oxygen atoms in total. The number of rotatable bonds is 7. The maximum Gasteiger partial charge on any atom is 0.281 e. The number of alkyl halides is 2. The number of amides is 1. The molecule has 15 heteroatoms. The second kappa shape index (κ2) is 10.8. The lowest BCUT2D eigenvalue weighted by Gasteiger charge is -2.38. The van der Waals surface area contributed by atoms with Crippen LogP contribution < -0.4 is 10.9 Å². The Balaban J connectivity index is 1.14. The Morgan fingerprint density at radius 1 is 1.22 bits per heavy atom. The number of nitrogens with zero attached hydrogens (tertiary/aromatic N) is 6. The van der Waals surface area contributed by atoms with Gasteiger partial charge < -0.3 is 15.3 Å². The van der Waals surface area contributed by atoms with E-state index in [0.29, 0.717) is 23.6 Å². The van der Waals surface area contributed by atoms with Crippen molar-refractivity contribution in [2.45, 2.75) is 57.0 Å². The van der Waals surface area contributed by atoms with Crippen molar-refractivity contribution in [2.24, 2.45) is 0 Å². The van der Waals surface area contributed by atoms with Crippen molar-refractivity contribution in [1.29, 1.82) is 0 Å². The van der Waals surface area contributed by atoms with Gasteiger partial charge in [-0.2, -0.15) is 8.76 Å². The highest BCUT2D eigenvalue weighted by atomic mass is 35.5. The molecular weight excluding hydrogens is 583 g/mol. The zero-order chi connectivity index (χ0) is 28.9. The van der Waals surface area contributed by atoms with Crippen molar-refractivity contribution in [3.05, 3.63) is 63.2 Å². The van der Waals surface area contributed by atoms with E-state index in [-0.39, 0.29) is 38.0 Å². The van der Waals surface area contributed by atoms with Gasteiger partial charge in [-0.25, -0.2) is 13.8 Å². The van der Waals surface area contributed by atoms with Gasteiger partial charge in [0.25, 0.3) is 12.0 Å². The standard InChI is InChI=1S/C26H25ClF3N7O3S/c27-17-8-14(7-15-10-31-11-16(15)17)23-21-22(34-41-23)25(39)36(13-32-21)12-26(40)2-5-35(6-3-26)20(38)9-18(24(29)30)37-4-1-19(28)33-37/h1,4,7-8,13,18,24,31,40H,2-3,5-6,9-12H2. The number of likely N-dealkylation sites (tertiary alicyclic amines) is 1. The number of aromatic nitrogens is 5. The second-order valence-electron chi connectivity index (χ2n) is 10.4. The molecule has 2 aliphatic rings. The van der Waals surface area contributed by atoms with E-state index in [1.807, 2.05) is 12.1 Å². The smallest absolute Gasteiger partial charge is 0.281 e. The van der Waals surface area contributed by atoms with Gasteiger partial charge in [-0.1, -0.05) is 11.6 Å². The van der Waals surface area contributed by atoms with E-state index >= 15 is 0 Å². The van der Waals surface area contributed by atoms with E-state index in [9.17, 15) is 27.9 Å². The minimum atomic E-state index is -2.92. The van der Waals surface area contributed by atoms with E-state index in [1.54, 1.807) is 0 Å². The summed E-state index contributed by atoms with van der Waals surface area (Å²) in [6.07, 6.45) is -0.774. The van der Waals surface area contributed by atoms with Crippen molar-refractivity contribution in [3.63, 3.8) is 0 Å². The van der Waals surface area contributed by atoms with Crippen LogP contribution >= 0.6 is 23.1 Å².